The van der Waals surface area contributed by atoms with E-state index < -0.39 is 0 Å². The Morgan fingerprint density at radius 2 is 2.15 bits per heavy atom. The third-order valence-corrected chi connectivity index (χ3v) is 4.12. The largest absolute Gasteiger partial charge is 0.420 e. The van der Waals surface area contributed by atoms with E-state index in [0.29, 0.717) is 23.0 Å². The second kappa shape index (κ2) is 6.04. The molecule has 2 aromatic rings. The van der Waals surface area contributed by atoms with Crippen molar-refractivity contribution in [3.05, 3.63) is 12.5 Å². The summed E-state index contributed by atoms with van der Waals surface area (Å²) in [6.45, 7) is 6.58. The van der Waals surface area contributed by atoms with Gasteiger partial charge in [-0.25, -0.2) is 0 Å². The first-order valence-electron chi connectivity index (χ1n) is 6.65. The van der Waals surface area contributed by atoms with E-state index in [2.05, 4.69) is 41.9 Å². The molecule has 1 aliphatic rings. The van der Waals surface area contributed by atoms with Gasteiger partial charge in [0.2, 0.25) is 0 Å². The minimum absolute atomic E-state index is 0. The molecule has 0 spiro atoms. The fourth-order valence-corrected chi connectivity index (χ4v) is 2.79. The van der Waals surface area contributed by atoms with Gasteiger partial charge in [0.05, 0.1) is 18.1 Å². The van der Waals surface area contributed by atoms with Crippen LogP contribution in [0.1, 0.15) is 33.4 Å². The molecule has 1 saturated heterocycles. The third kappa shape index (κ3) is 2.49. The molecule has 4 atom stereocenters. The number of ether oxygens (including phenoxy) is 1. The Balaban J connectivity index is 0.00000147. The first kappa shape index (κ1) is 15.8. The number of nitrogen functional groups attached to an aromatic ring is 1. The van der Waals surface area contributed by atoms with Gasteiger partial charge in [-0.2, -0.15) is 0 Å². The third-order valence-electron chi connectivity index (χ3n) is 4.12. The van der Waals surface area contributed by atoms with Crippen molar-refractivity contribution < 1.29 is 37.4 Å². The van der Waals surface area contributed by atoms with E-state index in [1.807, 2.05) is 4.57 Å². The van der Waals surface area contributed by atoms with Crippen molar-refractivity contribution in [1.29, 1.82) is 0 Å². The maximum absolute atomic E-state index is 6.14. The van der Waals surface area contributed by atoms with Gasteiger partial charge in [-0.15, -0.1) is 0 Å². The topological polar surface area (TPSA) is 78.8 Å². The normalized spacial score (nSPS) is 29.6. The molecule has 1 radical (unpaired) electrons. The standard InChI is InChI=1S/C13H18N5O.Y/c1-4-10-7(2)8(3)12(19-10)18-6-16-9-5-15-13(14)17-11(9)18;/h6-8,10,12H,4H2,1-3H3,(H2,14,15,17);/q-1;. The second-order valence-electron chi connectivity index (χ2n) is 5.21. The number of fused-ring (bicyclic) bond motifs is 1. The molecular formula is C13H18N5OY-. The number of nitrogens with two attached hydrogens (primary N) is 1. The van der Waals surface area contributed by atoms with Crippen LogP contribution in [0.2, 0.25) is 0 Å². The van der Waals surface area contributed by atoms with E-state index >= 15 is 0 Å². The van der Waals surface area contributed by atoms with Crippen molar-refractivity contribution in [3.8, 4) is 0 Å². The Bertz CT molecular complexity index is 601. The summed E-state index contributed by atoms with van der Waals surface area (Å²) in [4.78, 5) is 12.3. The van der Waals surface area contributed by atoms with Crippen LogP contribution in [0.5, 0.6) is 0 Å². The molecule has 20 heavy (non-hydrogen) atoms. The minimum Gasteiger partial charge on any atom is -0.420 e. The molecule has 6 nitrogen and oxygen atoms in total. The van der Waals surface area contributed by atoms with Crippen LogP contribution >= 0.6 is 0 Å². The Labute approximate surface area is 143 Å². The van der Waals surface area contributed by atoms with Gasteiger partial charge >= 0.3 is 0 Å². The monoisotopic (exact) mass is 349 g/mol. The summed E-state index contributed by atoms with van der Waals surface area (Å²) in [7, 11) is 0. The summed E-state index contributed by atoms with van der Waals surface area (Å²) in [5.74, 6) is 1.12. The maximum atomic E-state index is 6.14. The van der Waals surface area contributed by atoms with Crippen LogP contribution in [-0.4, -0.2) is 25.6 Å². The number of aromatic nitrogens is 4. The van der Waals surface area contributed by atoms with Crippen molar-refractivity contribution in [2.75, 3.05) is 5.73 Å². The Morgan fingerprint density at radius 3 is 2.80 bits per heavy atom. The molecule has 0 aromatic carbocycles. The van der Waals surface area contributed by atoms with Crippen LogP contribution in [0.4, 0.5) is 5.95 Å². The van der Waals surface area contributed by atoms with Crippen LogP contribution in [-0.2, 0) is 37.4 Å². The Hall–Kier alpha value is -0.586. The summed E-state index contributed by atoms with van der Waals surface area (Å²) in [6, 6.07) is 0. The quantitative estimate of drug-likeness (QED) is 0.837. The van der Waals surface area contributed by atoms with E-state index in [-0.39, 0.29) is 51.0 Å². The molecule has 4 unspecified atom stereocenters. The molecule has 7 heteroatoms. The zero-order valence-electron chi connectivity index (χ0n) is 11.9. The summed E-state index contributed by atoms with van der Waals surface area (Å²) in [5.41, 5.74) is 6.94. The maximum Gasteiger partial charge on any atom is 0.129 e. The zero-order chi connectivity index (χ0) is 13.6. The number of rotatable bonds is 2. The van der Waals surface area contributed by atoms with Crippen LogP contribution in [0.25, 0.3) is 11.2 Å². The van der Waals surface area contributed by atoms with Gasteiger partial charge in [-0.3, -0.25) is 4.98 Å². The molecule has 1 fully saturated rings. The van der Waals surface area contributed by atoms with Crippen LogP contribution in [0.15, 0.2) is 6.33 Å². The van der Waals surface area contributed by atoms with Crippen molar-refractivity contribution in [1.82, 2.24) is 19.5 Å². The molecule has 105 valence electrons. The SMILES string of the molecule is CCC1OC(n2cnc3[c-]nc(N)nc32)C(C)C1C.[Y]. The van der Waals surface area contributed by atoms with Crippen LogP contribution < -0.4 is 5.73 Å². The molecule has 2 aromatic heterocycles. The van der Waals surface area contributed by atoms with E-state index in [4.69, 9.17) is 10.5 Å². The van der Waals surface area contributed by atoms with Crippen molar-refractivity contribution in [3.63, 3.8) is 0 Å². The molecule has 2 N–H and O–H groups in total. The molecule has 0 bridgehead atoms. The Morgan fingerprint density at radius 1 is 1.40 bits per heavy atom. The van der Waals surface area contributed by atoms with Gasteiger partial charge in [0.15, 0.2) is 0 Å². The summed E-state index contributed by atoms with van der Waals surface area (Å²) in [5, 5.41) is 0. The first-order chi connectivity index (χ1) is 9.11. The van der Waals surface area contributed by atoms with Crippen molar-refractivity contribution in [2.45, 2.75) is 39.5 Å². The fourth-order valence-electron chi connectivity index (χ4n) is 2.79. The zero-order valence-corrected chi connectivity index (χ0v) is 14.8. The van der Waals surface area contributed by atoms with Crippen LogP contribution in [0, 0.1) is 18.0 Å². The molecule has 3 heterocycles. The molecule has 0 amide bonds. The second-order valence-corrected chi connectivity index (χ2v) is 5.21. The number of anilines is 1. The Kier molecular flexibility index (Phi) is 4.77. The summed E-state index contributed by atoms with van der Waals surface area (Å²) >= 11 is 0. The first-order valence-corrected chi connectivity index (χ1v) is 6.65. The molecule has 0 aliphatic carbocycles. The molecule has 0 saturated carbocycles. The number of imidazole rings is 1. The predicted molar refractivity (Wildman–Crippen MR) is 71.1 cm³/mol. The van der Waals surface area contributed by atoms with Gasteiger partial charge in [0.25, 0.3) is 0 Å². The fraction of sp³-hybridized carbons (Fsp3) is 0.615. The number of hydrogen-bond acceptors (Lipinski definition) is 5. The molecular weight excluding hydrogens is 331 g/mol. The summed E-state index contributed by atoms with van der Waals surface area (Å²) in [6.07, 6.45) is 5.77. The van der Waals surface area contributed by atoms with Gasteiger partial charge in [-0.05, 0) is 18.5 Å². The molecule has 1 aliphatic heterocycles. The van der Waals surface area contributed by atoms with E-state index in [0.717, 1.165) is 6.42 Å². The van der Waals surface area contributed by atoms with Gasteiger partial charge in [0.1, 0.15) is 12.2 Å². The van der Waals surface area contributed by atoms with E-state index in [1.54, 1.807) is 6.33 Å². The van der Waals surface area contributed by atoms with Gasteiger partial charge < -0.3 is 25.0 Å². The predicted octanol–water partition coefficient (Wildman–Crippen LogP) is 1.79. The number of hydrogen-bond donors (Lipinski definition) is 1. The van der Waals surface area contributed by atoms with Gasteiger partial charge in [0, 0.05) is 44.1 Å². The van der Waals surface area contributed by atoms with Gasteiger partial charge in [-0.1, -0.05) is 20.8 Å². The average Bonchev–Trinajstić information content (AvgIpc) is 2.92. The van der Waals surface area contributed by atoms with Crippen LogP contribution in [0.3, 0.4) is 0 Å². The average molecular weight is 349 g/mol. The van der Waals surface area contributed by atoms with Crippen molar-refractivity contribution >= 4 is 17.1 Å². The molecule has 3 rings (SSSR count). The van der Waals surface area contributed by atoms with E-state index in [9.17, 15) is 0 Å². The number of nitrogens with zero attached hydrogens (tertiary/aromatic N) is 4. The minimum atomic E-state index is -0.0485. The smallest absolute Gasteiger partial charge is 0.129 e. The van der Waals surface area contributed by atoms with Crippen molar-refractivity contribution in [2.24, 2.45) is 11.8 Å². The van der Waals surface area contributed by atoms with E-state index in [1.165, 1.54) is 0 Å². The summed E-state index contributed by atoms with van der Waals surface area (Å²) < 4.78 is 8.08.